The quantitative estimate of drug-likeness (QED) is 0.507. The zero-order valence-corrected chi connectivity index (χ0v) is 21.7. The van der Waals surface area contributed by atoms with Crippen molar-refractivity contribution in [1.29, 1.82) is 0 Å². The molecule has 0 radical (unpaired) electrons. The van der Waals surface area contributed by atoms with Crippen LogP contribution < -0.4 is 10.6 Å². The van der Waals surface area contributed by atoms with E-state index in [2.05, 4.69) is 10.6 Å². The van der Waals surface area contributed by atoms with Crippen LogP contribution in [0.25, 0.3) is 0 Å². The van der Waals surface area contributed by atoms with E-state index < -0.39 is 36.3 Å². The van der Waals surface area contributed by atoms with Crippen LogP contribution in [-0.2, 0) is 14.3 Å². The predicted molar refractivity (Wildman–Crippen MR) is 138 cm³/mol. The number of benzene rings is 2. The lowest BCUT2D eigenvalue weighted by Crippen LogP contribution is -2.58. The first-order chi connectivity index (χ1) is 17.0. The van der Waals surface area contributed by atoms with E-state index in [0.717, 1.165) is 30.4 Å². The minimum atomic E-state index is -1.25. The van der Waals surface area contributed by atoms with Crippen LogP contribution in [-0.4, -0.2) is 52.2 Å². The lowest BCUT2D eigenvalue weighted by Gasteiger charge is -2.43. The Morgan fingerprint density at radius 1 is 1.08 bits per heavy atom. The Morgan fingerprint density at radius 2 is 1.78 bits per heavy atom. The van der Waals surface area contributed by atoms with Gasteiger partial charge in [0, 0.05) is 11.7 Å². The van der Waals surface area contributed by atoms with Gasteiger partial charge in [-0.05, 0) is 71.1 Å². The molecular formula is C28H37N3O5. The normalized spacial score (nSPS) is 15.3. The van der Waals surface area contributed by atoms with Gasteiger partial charge in [0.15, 0.2) is 0 Å². The van der Waals surface area contributed by atoms with Crippen molar-refractivity contribution in [3.05, 3.63) is 65.2 Å². The molecule has 1 fully saturated rings. The van der Waals surface area contributed by atoms with Crippen molar-refractivity contribution in [1.82, 2.24) is 10.2 Å². The third-order valence-corrected chi connectivity index (χ3v) is 6.18. The van der Waals surface area contributed by atoms with E-state index in [4.69, 9.17) is 4.74 Å². The van der Waals surface area contributed by atoms with Crippen molar-refractivity contribution in [3.8, 4) is 0 Å². The maximum absolute atomic E-state index is 13.8. The Hall–Kier alpha value is -3.39. The molecule has 36 heavy (non-hydrogen) atoms. The van der Waals surface area contributed by atoms with Gasteiger partial charge in [-0.3, -0.25) is 9.59 Å². The van der Waals surface area contributed by atoms with Gasteiger partial charge in [-0.15, -0.1) is 0 Å². The number of ether oxygens (including phenoxy) is 1. The van der Waals surface area contributed by atoms with E-state index in [-0.39, 0.29) is 11.9 Å². The summed E-state index contributed by atoms with van der Waals surface area (Å²) in [4.78, 5) is 41.6. The van der Waals surface area contributed by atoms with Crippen LogP contribution in [0.5, 0.6) is 0 Å². The van der Waals surface area contributed by atoms with Gasteiger partial charge < -0.3 is 25.4 Å². The van der Waals surface area contributed by atoms with Crippen LogP contribution >= 0.6 is 0 Å². The number of para-hydroxylation sites is 1. The Labute approximate surface area is 213 Å². The van der Waals surface area contributed by atoms with Gasteiger partial charge in [-0.1, -0.05) is 48.0 Å². The number of aliphatic hydroxyl groups excluding tert-OH is 1. The molecule has 0 aromatic heterocycles. The maximum atomic E-state index is 13.8. The molecule has 3 rings (SSSR count). The highest BCUT2D eigenvalue weighted by molar-refractivity contribution is 5.99. The molecule has 8 nitrogen and oxygen atoms in total. The van der Waals surface area contributed by atoms with E-state index in [9.17, 15) is 19.5 Å². The van der Waals surface area contributed by atoms with Gasteiger partial charge in [-0.25, -0.2) is 4.79 Å². The fourth-order valence-corrected chi connectivity index (χ4v) is 4.19. The molecule has 1 saturated carbocycles. The fraction of sp³-hybridized carbons (Fsp3) is 0.464. The number of amides is 3. The molecule has 0 saturated heterocycles. The third-order valence-electron chi connectivity index (χ3n) is 6.18. The number of carbonyl (C=O) groups is 3. The van der Waals surface area contributed by atoms with Crippen LogP contribution in [0.15, 0.2) is 48.5 Å². The van der Waals surface area contributed by atoms with E-state index in [1.54, 1.807) is 20.8 Å². The predicted octanol–water partition coefficient (Wildman–Crippen LogP) is 4.25. The molecule has 1 aliphatic rings. The topological polar surface area (TPSA) is 108 Å². The maximum Gasteiger partial charge on any atom is 0.408 e. The average molecular weight is 496 g/mol. The van der Waals surface area contributed by atoms with Gasteiger partial charge >= 0.3 is 6.09 Å². The van der Waals surface area contributed by atoms with Crippen LogP contribution in [0.4, 0.5) is 10.5 Å². The van der Waals surface area contributed by atoms with Crippen molar-refractivity contribution in [2.75, 3.05) is 11.9 Å². The summed E-state index contributed by atoms with van der Waals surface area (Å²) in [6, 6.07) is 12.5. The molecular weight excluding hydrogens is 458 g/mol. The highest BCUT2D eigenvalue weighted by Crippen LogP contribution is 2.34. The summed E-state index contributed by atoms with van der Waals surface area (Å²) in [5.74, 6) is -0.886. The number of nitrogens with zero attached hydrogens (tertiary/aromatic N) is 1. The second-order valence-electron chi connectivity index (χ2n) is 10.3. The van der Waals surface area contributed by atoms with Crippen molar-refractivity contribution in [3.63, 3.8) is 0 Å². The number of carbonyl (C=O) groups excluding carboxylic acids is 3. The number of nitrogens with one attached hydrogen (secondary N) is 2. The highest BCUT2D eigenvalue weighted by Gasteiger charge is 2.42. The fourth-order valence-electron chi connectivity index (χ4n) is 4.19. The van der Waals surface area contributed by atoms with E-state index in [0.29, 0.717) is 11.3 Å². The van der Waals surface area contributed by atoms with Crippen molar-refractivity contribution >= 4 is 23.6 Å². The van der Waals surface area contributed by atoms with E-state index in [1.165, 1.54) is 4.90 Å². The zero-order valence-electron chi connectivity index (χ0n) is 21.7. The Balaban J connectivity index is 1.98. The number of hydrogen-bond acceptors (Lipinski definition) is 5. The Bertz CT molecular complexity index is 1090. The number of hydrogen-bond donors (Lipinski definition) is 3. The average Bonchev–Trinajstić information content (AvgIpc) is 2.76. The van der Waals surface area contributed by atoms with Gasteiger partial charge in [0.25, 0.3) is 5.91 Å². The summed E-state index contributed by atoms with van der Waals surface area (Å²) in [6.45, 7) is 8.35. The molecule has 0 aliphatic heterocycles. The third kappa shape index (κ3) is 6.85. The zero-order chi connectivity index (χ0) is 26.5. The minimum Gasteiger partial charge on any atom is -0.444 e. The van der Waals surface area contributed by atoms with Crippen molar-refractivity contribution < 1.29 is 24.2 Å². The van der Waals surface area contributed by atoms with Crippen molar-refractivity contribution in [2.45, 2.75) is 77.6 Å². The first kappa shape index (κ1) is 27.2. The first-order valence-corrected chi connectivity index (χ1v) is 12.4. The first-order valence-electron chi connectivity index (χ1n) is 12.4. The molecule has 0 bridgehead atoms. The molecule has 0 spiro atoms. The summed E-state index contributed by atoms with van der Waals surface area (Å²) in [6.07, 6.45) is 1.59. The number of anilines is 1. The van der Waals surface area contributed by atoms with Crippen LogP contribution in [0.2, 0.25) is 0 Å². The molecule has 1 aliphatic carbocycles. The van der Waals surface area contributed by atoms with Gasteiger partial charge in [0.2, 0.25) is 5.91 Å². The largest absolute Gasteiger partial charge is 0.444 e. The van der Waals surface area contributed by atoms with Crippen molar-refractivity contribution in [2.24, 2.45) is 0 Å². The summed E-state index contributed by atoms with van der Waals surface area (Å²) in [5, 5.41) is 15.5. The lowest BCUT2D eigenvalue weighted by atomic mass is 9.88. The van der Waals surface area contributed by atoms with Crippen LogP contribution in [0.3, 0.4) is 0 Å². The molecule has 2 aromatic carbocycles. The molecule has 2 aromatic rings. The second kappa shape index (κ2) is 11.6. The molecule has 2 unspecified atom stereocenters. The second-order valence-corrected chi connectivity index (χ2v) is 10.3. The molecule has 3 N–H and O–H groups in total. The van der Waals surface area contributed by atoms with Gasteiger partial charge in [-0.2, -0.15) is 0 Å². The SMILES string of the molecule is Cc1cccc(C(C(=O)Nc2ccccc2C)N(C(=O)C(CO)NC(=O)OC(C)(C)C)C2CCC2)c1. The number of alkyl carbamates (subject to hydrolysis) is 1. The summed E-state index contributed by atoms with van der Waals surface area (Å²) in [7, 11) is 0. The molecule has 2 atom stereocenters. The number of aliphatic hydroxyl groups is 1. The summed E-state index contributed by atoms with van der Waals surface area (Å²) >= 11 is 0. The minimum absolute atomic E-state index is 0.194. The lowest BCUT2D eigenvalue weighted by molar-refractivity contribution is -0.146. The molecule has 0 heterocycles. The van der Waals surface area contributed by atoms with E-state index in [1.807, 2.05) is 62.4 Å². The van der Waals surface area contributed by atoms with Crippen LogP contribution in [0, 0.1) is 13.8 Å². The summed E-state index contributed by atoms with van der Waals surface area (Å²) < 4.78 is 5.29. The van der Waals surface area contributed by atoms with Gasteiger partial charge in [0.05, 0.1) is 6.61 Å². The standard InChI is InChI=1S/C28H37N3O5/c1-18-10-8-12-20(16-18)24(25(33)29-22-15-7-6-11-19(22)2)31(21-13-9-14-21)26(34)23(17-32)30-27(35)36-28(3,4)5/h6-8,10-12,15-16,21,23-24,32H,9,13-14,17H2,1-5H3,(H,29,33)(H,30,35). The monoisotopic (exact) mass is 495 g/mol. The Kier molecular flexibility index (Phi) is 8.74. The molecule has 194 valence electrons. The number of rotatable bonds is 8. The molecule has 3 amide bonds. The number of aryl methyl sites for hydroxylation is 2. The van der Waals surface area contributed by atoms with E-state index >= 15 is 0 Å². The Morgan fingerprint density at radius 3 is 2.33 bits per heavy atom. The summed E-state index contributed by atoms with van der Waals surface area (Å²) in [5.41, 5.74) is 2.41. The smallest absolute Gasteiger partial charge is 0.408 e. The van der Waals surface area contributed by atoms with Crippen LogP contribution in [0.1, 0.15) is 62.8 Å². The van der Waals surface area contributed by atoms with Gasteiger partial charge in [0.1, 0.15) is 17.7 Å². The molecule has 8 heteroatoms. The highest BCUT2D eigenvalue weighted by atomic mass is 16.6.